The average molecular weight is 354 g/mol. The number of phenolic OH excluding ortho intramolecular Hbond substituents is 2. The molecule has 7 heteroatoms. The van der Waals surface area contributed by atoms with E-state index in [1.165, 1.54) is 19.1 Å². The molecule has 3 N–H and O–H groups in total. The minimum absolute atomic E-state index is 0.00995. The van der Waals surface area contributed by atoms with Crippen LogP contribution in [-0.4, -0.2) is 37.7 Å². The van der Waals surface area contributed by atoms with Gasteiger partial charge in [0.15, 0.2) is 11.5 Å². The Hall–Kier alpha value is -2.12. The van der Waals surface area contributed by atoms with Crippen molar-refractivity contribution in [3.05, 3.63) is 36.1 Å². The zero-order valence-corrected chi connectivity index (χ0v) is 14.5. The number of carbonyl (C=O) groups excluding carboxylic acids is 1. The molecule has 0 fully saturated rings. The Morgan fingerprint density at radius 3 is 2.38 bits per heavy atom. The van der Waals surface area contributed by atoms with E-state index in [1.807, 2.05) is 6.92 Å². The first-order chi connectivity index (χ1) is 11.4. The van der Waals surface area contributed by atoms with Crippen molar-refractivity contribution in [1.82, 2.24) is 0 Å². The van der Waals surface area contributed by atoms with E-state index in [2.05, 4.69) is 0 Å². The number of benzene rings is 1. The minimum Gasteiger partial charge on any atom is -0.504 e. The summed E-state index contributed by atoms with van der Waals surface area (Å²) < 4.78 is 17.1. The van der Waals surface area contributed by atoms with E-state index in [1.54, 1.807) is 18.2 Å². The van der Waals surface area contributed by atoms with Gasteiger partial charge in [0.1, 0.15) is 17.3 Å². The number of aliphatic hydroxyl groups excluding tert-OH is 1. The van der Waals surface area contributed by atoms with E-state index in [9.17, 15) is 19.2 Å². The number of carbonyl (C=O) groups is 1. The van der Waals surface area contributed by atoms with Crippen molar-refractivity contribution in [2.45, 2.75) is 26.0 Å². The second-order valence-corrected chi connectivity index (χ2v) is 6.58. The molecule has 0 saturated heterocycles. The Morgan fingerprint density at radius 1 is 1.17 bits per heavy atom. The largest absolute Gasteiger partial charge is 0.504 e. The molecule has 0 aliphatic carbocycles. The summed E-state index contributed by atoms with van der Waals surface area (Å²) in [5.74, 6) is 0.615. The van der Waals surface area contributed by atoms with Gasteiger partial charge in [-0.2, -0.15) is 0 Å². The van der Waals surface area contributed by atoms with Crippen LogP contribution in [0.2, 0.25) is 0 Å². The molecule has 0 saturated carbocycles. The van der Waals surface area contributed by atoms with Crippen LogP contribution in [0, 0.1) is 0 Å². The molecule has 6 nitrogen and oxygen atoms in total. The van der Waals surface area contributed by atoms with E-state index in [0.29, 0.717) is 23.7 Å². The Bertz CT molecular complexity index is 690. The maximum absolute atomic E-state index is 11.6. The lowest BCUT2D eigenvalue weighted by Crippen LogP contribution is -2.07. The lowest BCUT2D eigenvalue weighted by Gasteiger charge is -2.01. The van der Waals surface area contributed by atoms with Gasteiger partial charge in [-0.3, -0.25) is 9.00 Å². The molecule has 1 heterocycles. The molecule has 0 spiro atoms. The van der Waals surface area contributed by atoms with Gasteiger partial charge < -0.3 is 19.7 Å². The Morgan fingerprint density at radius 2 is 1.83 bits per heavy atom. The summed E-state index contributed by atoms with van der Waals surface area (Å²) in [6.45, 7) is 3.64. The van der Waals surface area contributed by atoms with E-state index >= 15 is 0 Å². The van der Waals surface area contributed by atoms with Crippen molar-refractivity contribution in [1.29, 1.82) is 0 Å². The van der Waals surface area contributed by atoms with Gasteiger partial charge in [-0.15, -0.1) is 0 Å². The highest BCUT2D eigenvalue weighted by Gasteiger charge is 2.11. The van der Waals surface area contributed by atoms with E-state index in [-0.39, 0.29) is 28.8 Å². The summed E-state index contributed by atoms with van der Waals surface area (Å²) in [5, 5.41) is 26.6. The second kappa shape index (κ2) is 9.89. The van der Waals surface area contributed by atoms with Gasteiger partial charge in [-0.1, -0.05) is 6.92 Å². The van der Waals surface area contributed by atoms with Crippen molar-refractivity contribution in [2.75, 3.05) is 12.4 Å². The van der Waals surface area contributed by atoms with Crippen molar-refractivity contribution >= 4 is 16.6 Å². The number of phenols is 2. The van der Waals surface area contributed by atoms with Crippen LogP contribution in [0.5, 0.6) is 11.5 Å². The van der Waals surface area contributed by atoms with Crippen LogP contribution in [0.3, 0.4) is 0 Å². The first-order valence-corrected chi connectivity index (χ1v) is 8.92. The lowest BCUT2D eigenvalue weighted by atomic mass is 10.1. The second-order valence-electron chi connectivity index (χ2n) is 5.12. The van der Waals surface area contributed by atoms with Gasteiger partial charge in [0.2, 0.25) is 0 Å². The van der Waals surface area contributed by atoms with Gasteiger partial charge in [-0.25, -0.2) is 0 Å². The standard InChI is InChI=1S/C14H14O5S.C3H8O/c1-9(15)7-20(18)8-11-3-5-14(19-11)10-2-4-12(16)13(17)6-10;1-2-3-4/h2-6,16-17H,7-8H2,1H3;4H,2-3H2,1H3. The highest BCUT2D eigenvalue weighted by molar-refractivity contribution is 7.84. The minimum atomic E-state index is -1.28. The number of hydrogen-bond acceptors (Lipinski definition) is 6. The molecule has 1 unspecified atom stereocenters. The normalized spacial score (nSPS) is 11.5. The summed E-state index contributed by atoms with van der Waals surface area (Å²) >= 11 is 0. The van der Waals surface area contributed by atoms with Gasteiger partial charge in [-0.05, 0) is 43.7 Å². The topological polar surface area (TPSA) is 108 Å². The number of hydrogen-bond donors (Lipinski definition) is 3. The summed E-state index contributed by atoms with van der Waals surface area (Å²) in [6.07, 6.45) is 0.875. The molecule has 1 aromatic carbocycles. The summed E-state index contributed by atoms with van der Waals surface area (Å²) in [5.41, 5.74) is 0.601. The third-order valence-corrected chi connectivity index (χ3v) is 4.15. The Labute approximate surface area is 143 Å². The highest BCUT2D eigenvalue weighted by Crippen LogP contribution is 2.31. The SMILES string of the molecule is CC(=O)CS(=O)Cc1ccc(-c2ccc(O)c(O)c2)o1.CCCO. The lowest BCUT2D eigenvalue weighted by molar-refractivity contribution is -0.114. The van der Waals surface area contributed by atoms with Crippen LogP contribution < -0.4 is 0 Å². The predicted molar refractivity (Wildman–Crippen MR) is 92.2 cm³/mol. The van der Waals surface area contributed by atoms with Crippen LogP contribution in [0.4, 0.5) is 0 Å². The fourth-order valence-electron chi connectivity index (χ4n) is 1.72. The monoisotopic (exact) mass is 354 g/mol. The van der Waals surface area contributed by atoms with Gasteiger partial charge in [0, 0.05) is 23.0 Å². The highest BCUT2D eigenvalue weighted by atomic mass is 32.2. The molecule has 2 aromatic rings. The molecule has 24 heavy (non-hydrogen) atoms. The first-order valence-electron chi connectivity index (χ1n) is 7.43. The number of ketones is 1. The number of furan rings is 1. The van der Waals surface area contributed by atoms with E-state index in [0.717, 1.165) is 6.42 Å². The third kappa shape index (κ3) is 6.55. The summed E-state index contributed by atoms with van der Waals surface area (Å²) in [7, 11) is -1.28. The zero-order chi connectivity index (χ0) is 18.1. The molecular formula is C17H22O6S. The summed E-state index contributed by atoms with van der Waals surface area (Å²) in [6, 6.07) is 7.71. The van der Waals surface area contributed by atoms with Crippen LogP contribution in [0.25, 0.3) is 11.3 Å². The predicted octanol–water partition coefficient (Wildman–Crippen LogP) is 2.58. The first kappa shape index (κ1) is 19.9. The van der Waals surface area contributed by atoms with Crippen LogP contribution in [0.1, 0.15) is 26.0 Å². The average Bonchev–Trinajstić information content (AvgIpc) is 2.97. The Kier molecular flexibility index (Phi) is 8.21. The molecule has 2 rings (SSSR count). The van der Waals surface area contributed by atoms with E-state index < -0.39 is 10.8 Å². The number of aromatic hydroxyl groups is 2. The van der Waals surface area contributed by atoms with Gasteiger partial charge in [0.25, 0.3) is 0 Å². The van der Waals surface area contributed by atoms with Crippen molar-refractivity contribution in [3.63, 3.8) is 0 Å². The molecule has 0 aliphatic rings. The molecule has 1 aromatic heterocycles. The van der Waals surface area contributed by atoms with Crippen LogP contribution in [-0.2, 0) is 21.3 Å². The maximum Gasteiger partial charge on any atom is 0.158 e. The fraction of sp³-hybridized carbons (Fsp3) is 0.353. The van der Waals surface area contributed by atoms with Crippen molar-refractivity contribution in [3.8, 4) is 22.8 Å². The maximum atomic E-state index is 11.6. The molecule has 0 aliphatic heterocycles. The molecule has 1 atom stereocenters. The Balaban J connectivity index is 0.000000648. The number of rotatable bonds is 6. The van der Waals surface area contributed by atoms with Gasteiger partial charge >= 0.3 is 0 Å². The van der Waals surface area contributed by atoms with Gasteiger partial charge in [0.05, 0.1) is 11.5 Å². The molecular weight excluding hydrogens is 332 g/mol. The fourth-order valence-corrected chi connectivity index (χ4v) is 2.75. The smallest absolute Gasteiger partial charge is 0.158 e. The third-order valence-electron chi connectivity index (χ3n) is 2.81. The zero-order valence-electron chi connectivity index (χ0n) is 13.7. The van der Waals surface area contributed by atoms with Crippen LogP contribution in [0.15, 0.2) is 34.7 Å². The number of aliphatic hydroxyl groups is 1. The van der Waals surface area contributed by atoms with E-state index in [4.69, 9.17) is 9.52 Å². The summed E-state index contributed by atoms with van der Waals surface area (Å²) in [4.78, 5) is 10.9. The molecule has 132 valence electrons. The number of Topliss-reactive ketones (excluding diaryl/α,β-unsaturated/α-hetero) is 1. The van der Waals surface area contributed by atoms with Crippen molar-refractivity contribution in [2.24, 2.45) is 0 Å². The molecule has 0 radical (unpaired) electrons. The van der Waals surface area contributed by atoms with Crippen molar-refractivity contribution < 1.29 is 28.7 Å². The molecule has 0 bridgehead atoms. The molecule has 0 amide bonds. The quantitative estimate of drug-likeness (QED) is 0.688. The van der Waals surface area contributed by atoms with Crippen LogP contribution >= 0.6 is 0 Å².